The van der Waals surface area contributed by atoms with E-state index in [1.807, 2.05) is 4.90 Å². The lowest BCUT2D eigenvalue weighted by molar-refractivity contribution is -0.131. The Morgan fingerprint density at radius 2 is 2.00 bits per heavy atom. The minimum Gasteiger partial charge on any atom is -0.477 e. The van der Waals surface area contributed by atoms with E-state index < -0.39 is 5.97 Å². The van der Waals surface area contributed by atoms with Gasteiger partial charge < -0.3 is 10.0 Å². The zero-order valence-corrected chi connectivity index (χ0v) is 11.1. The quantitative estimate of drug-likeness (QED) is 0.906. The van der Waals surface area contributed by atoms with E-state index in [9.17, 15) is 9.59 Å². The lowest BCUT2D eigenvalue weighted by atomic mass is 10.1. The maximum Gasteiger partial charge on any atom is 0.347 e. The Morgan fingerprint density at radius 3 is 2.61 bits per heavy atom. The van der Waals surface area contributed by atoms with Crippen molar-refractivity contribution >= 4 is 23.2 Å². The Balaban J connectivity index is 2.08. The highest BCUT2D eigenvalue weighted by molar-refractivity contribution is 7.13. The second-order valence-electron chi connectivity index (χ2n) is 4.43. The van der Waals surface area contributed by atoms with Gasteiger partial charge in [-0.3, -0.25) is 4.79 Å². The first-order valence-corrected chi connectivity index (χ1v) is 6.87. The molecular formula is C12H16N2O3S. The highest BCUT2D eigenvalue weighted by Crippen LogP contribution is 2.20. The predicted molar refractivity (Wildman–Crippen MR) is 67.9 cm³/mol. The van der Waals surface area contributed by atoms with E-state index in [-0.39, 0.29) is 17.2 Å². The molecule has 5 nitrogen and oxygen atoms in total. The molecule has 0 saturated carbocycles. The van der Waals surface area contributed by atoms with Gasteiger partial charge in [0.2, 0.25) is 5.91 Å². The van der Waals surface area contributed by atoms with Crippen LogP contribution in [0.3, 0.4) is 0 Å². The number of aromatic nitrogens is 1. The molecule has 2 rings (SSSR count). The van der Waals surface area contributed by atoms with E-state index >= 15 is 0 Å². The van der Waals surface area contributed by atoms with Crippen LogP contribution in [0.5, 0.6) is 0 Å². The summed E-state index contributed by atoms with van der Waals surface area (Å²) in [5, 5.41) is 9.74. The van der Waals surface area contributed by atoms with Gasteiger partial charge >= 0.3 is 5.97 Å². The number of aromatic carboxylic acids is 1. The number of carboxylic acid groups (broad SMARTS) is 1. The molecule has 0 spiro atoms. The monoisotopic (exact) mass is 268 g/mol. The van der Waals surface area contributed by atoms with Crippen LogP contribution in [0.4, 0.5) is 0 Å². The number of likely N-dealkylation sites (tertiary alicyclic amines) is 1. The van der Waals surface area contributed by atoms with Crippen LogP contribution in [0.1, 0.15) is 39.6 Å². The highest BCUT2D eigenvalue weighted by Gasteiger charge is 2.22. The summed E-state index contributed by atoms with van der Waals surface area (Å²) in [7, 11) is 0. The highest BCUT2D eigenvalue weighted by atomic mass is 32.1. The molecule has 1 N–H and O–H groups in total. The van der Waals surface area contributed by atoms with E-state index in [0.717, 1.165) is 37.3 Å². The minimum absolute atomic E-state index is 0.0116. The van der Waals surface area contributed by atoms with Gasteiger partial charge in [0.05, 0.1) is 17.1 Å². The summed E-state index contributed by atoms with van der Waals surface area (Å²) in [5.41, 5.74) is 0.403. The largest absolute Gasteiger partial charge is 0.477 e. The van der Waals surface area contributed by atoms with Gasteiger partial charge in [0.25, 0.3) is 0 Å². The van der Waals surface area contributed by atoms with Crippen LogP contribution in [-0.2, 0) is 11.2 Å². The molecule has 0 aliphatic carbocycles. The van der Waals surface area contributed by atoms with Gasteiger partial charge in [-0.2, -0.15) is 0 Å². The van der Waals surface area contributed by atoms with Gasteiger partial charge in [0.1, 0.15) is 4.88 Å². The molecule has 1 aliphatic heterocycles. The second-order valence-corrected chi connectivity index (χ2v) is 5.64. The standard InChI is InChI=1S/C12H16N2O3S/c1-8-13-9(11(18-8)12(16)17)7-10(15)14-5-3-2-4-6-14/h2-7H2,1H3,(H,16,17). The molecule has 0 atom stereocenters. The average molecular weight is 268 g/mol. The maximum atomic E-state index is 12.0. The predicted octanol–water partition coefficient (Wildman–Crippen LogP) is 1.70. The molecule has 2 heterocycles. The Labute approximate surface area is 109 Å². The van der Waals surface area contributed by atoms with Gasteiger partial charge in [-0.05, 0) is 26.2 Å². The summed E-state index contributed by atoms with van der Waals surface area (Å²) in [6.45, 7) is 3.32. The molecule has 1 fully saturated rings. The summed E-state index contributed by atoms with van der Waals surface area (Å²) < 4.78 is 0. The smallest absolute Gasteiger partial charge is 0.347 e. The molecule has 1 amide bonds. The maximum absolute atomic E-state index is 12.0. The van der Waals surface area contributed by atoms with Crippen molar-refractivity contribution in [3.63, 3.8) is 0 Å². The van der Waals surface area contributed by atoms with Crippen LogP contribution in [0.25, 0.3) is 0 Å². The fourth-order valence-corrected chi connectivity index (χ4v) is 2.93. The fourth-order valence-electron chi connectivity index (χ4n) is 2.16. The summed E-state index contributed by atoms with van der Waals surface area (Å²) in [6.07, 6.45) is 3.34. The average Bonchev–Trinajstić information content (AvgIpc) is 2.71. The topological polar surface area (TPSA) is 70.5 Å². The number of thiazole rings is 1. The van der Waals surface area contributed by atoms with Crippen molar-refractivity contribution in [1.82, 2.24) is 9.88 Å². The number of nitrogens with zero attached hydrogens (tertiary/aromatic N) is 2. The van der Waals surface area contributed by atoms with E-state index in [0.29, 0.717) is 10.7 Å². The van der Waals surface area contributed by atoms with Crippen molar-refractivity contribution in [2.45, 2.75) is 32.6 Å². The van der Waals surface area contributed by atoms with Crippen LogP contribution in [0.15, 0.2) is 0 Å². The number of aryl methyl sites for hydroxylation is 1. The fraction of sp³-hybridized carbons (Fsp3) is 0.583. The Bertz CT molecular complexity index is 464. The molecular weight excluding hydrogens is 252 g/mol. The summed E-state index contributed by atoms with van der Waals surface area (Å²) >= 11 is 1.13. The molecule has 0 aromatic carbocycles. The van der Waals surface area contributed by atoms with Crippen molar-refractivity contribution in [1.29, 1.82) is 0 Å². The molecule has 1 aliphatic rings. The molecule has 0 unspecified atom stereocenters. The number of hydrogen-bond donors (Lipinski definition) is 1. The van der Waals surface area contributed by atoms with Crippen LogP contribution in [0.2, 0.25) is 0 Å². The van der Waals surface area contributed by atoms with Crippen molar-refractivity contribution in [2.75, 3.05) is 13.1 Å². The van der Waals surface area contributed by atoms with Crippen LogP contribution in [0, 0.1) is 6.92 Å². The number of amides is 1. The van der Waals surface area contributed by atoms with E-state index in [2.05, 4.69) is 4.98 Å². The van der Waals surface area contributed by atoms with Crippen LogP contribution < -0.4 is 0 Å². The van der Waals surface area contributed by atoms with E-state index in [4.69, 9.17) is 5.11 Å². The lowest BCUT2D eigenvalue weighted by Crippen LogP contribution is -2.36. The lowest BCUT2D eigenvalue weighted by Gasteiger charge is -2.26. The first-order valence-electron chi connectivity index (χ1n) is 6.05. The van der Waals surface area contributed by atoms with Crippen LogP contribution >= 0.6 is 11.3 Å². The van der Waals surface area contributed by atoms with Crippen molar-refractivity contribution in [3.05, 3.63) is 15.6 Å². The molecule has 1 saturated heterocycles. The number of hydrogen-bond acceptors (Lipinski definition) is 4. The summed E-state index contributed by atoms with van der Waals surface area (Å²) in [6, 6.07) is 0. The Morgan fingerprint density at radius 1 is 1.33 bits per heavy atom. The third kappa shape index (κ3) is 2.87. The molecule has 98 valence electrons. The van der Waals surface area contributed by atoms with Gasteiger partial charge in [-0.15, -0.1) is 11.3 Å². The number of carbonyl (C=O) groups excluding carboxylic acids is 1. The van der Waals surface area contributed by atoms with Crippen molar-refractivity contribution < 1.29 is 14.7 Å². The molecule has 1 aromatic heterocycles. The second kappa shape index (κ2) is 5.48. The molecule has 6 heteroatoms. The van der Waals surface area contributed by atoms with E-state index in [1.54, 1.807) is 6.92 Å². The minimum atomic E-state index is -0.998. The summed E-state index contributed by atoms with van der Waals surface area (Å²) in [4.78, 5) is 29.2. The van der Waals surface area contributed by atoms with E-state index in [1.165, 1.54) is 6.42 Å². The number of carbonyl (C=O) groups is 2. The number of rotatable bonds is 3. The molecule has 18 heavy (non-hydrogen) atoms. The Hall–Kier alpha value is -1.43. The van der Waals surface area contributed by atoms with Crippen LogP contribution in [-0.4, -0.2) is 40.0 Å². The first kappa shape index (κ1) is 13.0. The number of piperidine rings is 1. The third-order valence-corrected chi connectivity index (χ3v) is 4.03. The van der Waals surface area contributed by atoms with Gasteiger partial charge in [0.15, 0.2) is 0 Å². The third-order valence-electron chi connectivity index (χ3n) is 3.03. The van der Waals surface area contributed by atoms with Gasteiger partial charge in [-0.1, -0.05) is 0 Å². The zero-order valence-electron chi connectivity index (χ0n) is 10.3. The van der Waals surface area contributed by atoms with Gasteiger partial charge in [0, 0.05) is 13.1 Å². The molecule has 0 radical (unpaired) electrons. The van der Waals surface area contributed by atoms with Crippen molar-refractivity contribution in [3.8, 4) is 0 Å². The van der Waals surface area contributed by atoms with Gasteiger partial charge in [-0.25, -0.2) is 9.78 Å². The first-order chi connectivity index (χ1) is 8.58. The molecule has 0 bridgehead atoms. The molecule has 1 aromatic rings. The van der Waals surface area contributed by atoms with Crippen molar-refractivity contribution in [2.24, 2.45) is 0 Å². The number of carboxylic acids is 1. The normalized spacial score (nSPS) is 15.7. The zero-order chi connectivity index (χ0) is 13.1. The Kier molecular flexibility index (Phi) is 3.96. The SMILES string of the molecule is Cc1nc(CC(=O)N2CCCCC2)c(C(=O)O)s1. The summed E-state index contributed by atoms with van der Waals surface area (Å²) in [5.74, 6) is -1.01.